The molecule has 1 aliphatic rings. The molecule has 1 aromatic carbocycles. The van der Waals surface area contributed by atoms with Gasteiger partial charge in [0.05, 0.1) is 31.1 Å². The second-order valence-electron chi connectivity index (χ2n) is 8.14. The van der Waals surface area contributed by atoms with E-state index in [0.29, 0.717) is 18.5 Å². The molecule has 1 aliphatic carbocycles. The average molecular weight is 501 g/mol. The number of amides is 2. The predicted molar refractivity (Wildman–Crippen MR) is 122 cm³/mol. The van der Waals surface area contributed by atoms with Crippen molar-refractivity contribution in [2.24, 2.45) is 0 Å². The van der Waals surface area contributed by atoms with Gasteiger partial charge in [-0.05, 0) is 55.3 Å². The second-order valence-corrected chi connectivity index (χ2v) is 8.14. The maximum atomic E-state index is 13.4. The number of nitrogens with one attached hydrogen (secondary N) is 2. The molecule has 9 nitrogen and oxygen atoms in total. The quantitative estimate of drug-likeness (QED) is 0.431. The lowest BCUT2D eigenvalue weighted by molar-refractivity contribution is -0.138. The van der Waals surface area contributed by atoms with Gasteiger partial charge < -0.3 is 25.8 Å². The van der Waals surface area contributed by atoms with Gasteiger partial charge in [0.15, 0.2) is 0 Å². The highest BCUT2D eigenvalue weighted by molar-refractivity contribution is 6.00. The molecular formula is C24H22F3N5O4. The fourth-order valence-corrected chi connectivity index (χ4v) is 3.35. The summed E-state index contributed by atoms with van der Waals surface area (Å²) in [7, 11) is 1.27. The van der Waals surface area contributed by atoms with Gasteiger partial charge in [-0.3, -0.25) is 14.6 Å². The summed E-state index contributed by atoms with van der Waals surface area (Å²) in [5.41, 5.74) is 4.26. The standard InChI is InChI=1S/C24H22F3N5O4/c1-35-16-5-6-19(18(10-16)24(25,26)27)36-17-4-3-15(29-13-17)12-31-22(34)23(8-9-23)32-21(33)14-2-7-20(28)30-11-14/h2-7,10-11,13H,8-9,12H2,1H3,(H2,28,30)(H,31,34)(H,32,33). The molecular weight excluding hydrogens is 479 g/mol. The normalized spacial score (nSPS) is 14.0. The van der Waals surface area contributed by atoms with E-state index in [-0.39, 0.29) is 35.3 Å². The van der Waals surface area contributed by atoms with Crippen LogP contribution in [0.5, 0.6) is 17.2 Å². The molecule has 0 unspecified atom stereocenters. The third-order valence-electron chi connectivity index (χ3n) is 5.53. The molecule has 36 heavy (non-hydrogen) atoms. The number of hydrogen-bond acceptors (Lipinski definition) is 7. The number of aromatic nitrogens is 2. The minimum atomic E-state index is -4.64. The van der Waals surface area contributed by atoms with Crippen molar-refractivity contribution in [3.63, 3.8) is 0 Å². The first-order chi connectivity index (χ1) is 17.1. The first kappa shape index (κ1) is 24.8. The van der Waals surface area contributed by atoms with Gasteiger partial charge >= 0.3 is 6.18 Å². The van der Waals surface area contributed by atoms with Gasteiger partial charge in [-0.2, -0.15) is 13.2 Å². The van der Waals surface area contributed by atoms with Crippen LogP contribution in [0.25, 0.3) is 0 Å². The van der Waals surface area contributed by atoms with E-state index in [9.17, 15) is 22.8 Å². The fraction of sp³-hybridized carbons (Fsp3) is 0.250. The predicted octanol–water partition coefficient (Wildman–Crippen LogP) is 3.46. The van der Waals surface area contributed by atoms with Crippen molar-refractivity contribution < 1.29 is 32.2 Å². The zero-order valence-corrected chi connectivity index (χ0v) is 19.1. The van der Waals surface area contributed by atoms with Gasteiger partial charge in [0, 0.05) is 6.20 Å². The Morgan fingerprint density at radius 3 is 2.39 bits per heavy atom. The number of anilines is 1. The third kappa shape index (κ3) is 5.65. The summed E-state index contributed by atoms with van der Waals surface area (Å²) < 4.78 is 50.4. The number of alkyl halides is 3. The Morgan fingerprint density at radius 1 is 1.06 bits per heavy atom. The summed E-state index contributed by atoms with van der Waals surface area (Å²) in [5, 5.41) is 5.45. The molecule has 4 rings (SSSR count). The minimum absolute atomic E-state index is 0.0497. The average Bonchev–Trinajstić information content (AvgIpc) is 3.64. The van der Waals surface area contributed by atoms with Crippen molar-refractivity contribution in [1.82, 2.24) is 20.6 Å². The van der Waals surface area contributed by atoms with Crippen molar-refractivity contribution in [2.75, 3.05) is 12.8 Å². The number of carbonyl (C=O) groups excluding carboxylic acids is 2. The molecule has 0 aliphatic heterocycles. The zero-order valence-electron chi connectivity index (χ0n) is 19.1. The first-order valence-corrected chi connectivity index (χ1v) is 10.8. The van der Waals surface area contributed by atoms with Crippen LogP contribution in [-0.4, -0.2) is 34.4 Å². The van der Waals surface area contributed by atoms with Crippen molar-refractivity contribution >= 4 is 17.6 Å². The summed E-state index contributed by atoms with van der Waals surface area (Å²) in [6.07, 6.45) is -1.09. The van der Waals surface area contributed by atoms with Crippen LogP contribution in [0.3, 0.4) is 0 Å². The van der Waals surface area contributed by atoms with Crippen LogP contribution in [0.1, 0.15) is 34.5 Å². The van der Waals surface area contributed by atoms with E-state index >= 15 is 0 Å². The van der Waals surface area contributed by atoms with E-state index in [2.05, 4.69) is 20.6 Å². The van der Waals surface area contributed by atoms with E-state index < -0.39 is 28.9 Å². The van der Waals surface area contributed by atoms with Crippen molar-refractivity contribution in [2.45, 2.75) is 31.1 Å². The van der Waals surface area contributed by atoms with Gasteiger partial charge in [0.25, 0.3) is 5.91 Å². The number of benzene rings is 1. The number of pyridine rings is 2. The summed E-state index contributed by atoms with van der Waals surface area (Å²) in [4.78, 5) is 33.1. The molecule has 0 radical (unpaired) electrons. The van der Waals surface area contributed by atoms with Crippen LogP contribution < -0.4 is 25.8 Å². The van der Waals surface area contributed by atoms with Crippen LogP contribution in [-0.2, 0) is 17.5 Å². The molecule has 3 aromatic rings. The van der Waals surface area contributed by atoms with E-state index in [1.54, 1.807) is 0 Å². The second kappa shape index (κ2) is 9.72. The molecule has 0 atom stereocenters. The first-order valence-electron chi connectivity index (χ1n) is 10.8. The molecule has 1 saturated carbocycles. The van der Waals surface area contributed by atoms with Crippen molar-refractivity contribution in [3.05, 3.63) is 71.7 Å². The maximum Gasteiger partial charge on any atom is 0.420 e. The highest BCUT2D eigenvalue weighted by Gasteiger charge is 2.51. The SMILES string of the molecule is COc1ccc(Oc2ccc(CNC(=O)C3(NC(=O)c4ccc(N)nc4)CC3)nc2)c(C(F)(F)F)c1. The Kier molecular flexibility index (Phi) is 6.69. The molecule has 0 bridgehead atoms. The third-order valence-corrected chi connectivity index (χ3v) is 5.53. The Labute approximate surface area is 203 Å². The van der Waals surface area contributed by atoms with Gasteiger partial charge in [-0.1, -0.05) is 0 Å². The van der Waals surface area contributed by atoms with Gasteiger partial charge in [0.1, 0.15) is 34.2 Å². The number of nitrogen functional groups attached to an aromatic ring is 1. The van der Waals surface area contributed by atoms with E-state index in [1.807, 2.05) is 0 Å². The smallest absolute Gasteiger partial charge is 0.420 e. The van der Waals surface area contributed by atoms with Crippen LogP contribution in [0.2, 0.25) is 0 Å². The molecule has 0 saturated heterocycles. The molecule has 0 spiro atoms. The van der Waals surface area contributed by atoms with Crippen LogP contribution in [0, 0.1) is 0 Å². The van der Waals surface area contributed by atoms with Gasteiger partial charge in [-0.15, -0.1) is 0 Å². The van der Waals surface area contributed by atoms with Crippen LogP contribution in [0.15, 0.2) is 54.9 Å². The van der Waals surface area contributed by atoms with Gasteiger partial charge in [-0.25, -0.2) is 4.98 Å². The molecule has 4 N–H and O–H groups in total. The molecule has 188 valence electrons. The molecule has 12 heteroatoms. The molecule has 2 amide bonds. The van der Waals surface area contributed by atoms with Crippen LogP contribution in [0.4, 0.5) is 19.0 Å². The molecule has 1 fully saturated rings. The number of rotatable bonds is 8. The van der Waals surface area contributed by atoms with Crippen molar-refractivity contribution in [3.8, 4) is 17.2 Å². The minimum Gasteiger partial charge on any atom is -0.497 e. The van der Waals surface area contributed by atoms with E-state index in [4.69, 9.17) is 15.2 Å². The number of ether oxygens (including phenoxy) is 2. The highest BCUT2D eigenvalue weighted by atomic mass is 19.4. The van der Waals surface area contributed by atoms with Gasteiger partial charge in [0.2, 0.25) is 5.91 Å². The maximum absolute atomic E-state index is 13.4. The highest BCUT2D eigenvalue weighted by Crippen LogP contribution is 2.40. The van der Waals surface area contributed by atoms with Crippen LogP contribution >= 0.6 is 0 Å². The lowest BCUT2D eigenvalue weighted by Gasteiger charge is -2.17. The largest absolute Gasteiger partial charge is 0.497 e. The summed E-state index contributed by atoms with van der Waals surface area (Å²) in [6.45, 7) is 0.0521. The Hall–Kier alpha value is -4.35. The molecule has 2 aromatic heterocycles. The Morgan fingerprint density at radius 2 is 1.81 bits per heavy atom. The lowest BCUT2D eigenvalue weighted by atomic mass is 10.2. The molecule has 2 heterocycles. The monoisotopic (exact) mass is 501 g/mol. The Balaban J connectivity index is 1.35. The lowest BCUT2D eigenvalue weighted by Crippen LogP contribution is -2.48. The number of hydrogen-bond donors (Lipinski definition) is 3. The Bertz CT molecular complexity index is 1260. The fourth-order valence-electron chi connectivity index (χ4n) is 3.35. The topological polar surface area (TPSA) is 128 Å². The number of nitrogens with two attached hydrogens (primary N) is 1. The number of nitrogens with zero attached hydrogens (tertiary/aromatic N) is 2. The van der Waals surface area contributed by atoms with Crippen molar-refractivity contribution in [1.29, 1.82) is 0 Å². The van der Waals surface area contributed by atoms with E-state index in [1.165, 1.54) is 55.9 Å². The van der Waals surface area contributed by atoms with E-state index in [0.717, 1.165) is 6.07 Å². The number of carbonyl (C=O) groups is 2. The summed E-state index contributed by atoms with van der Waals surface area (Å²) >= 11 is 0. The summed E-state index contributed by atoms with van der Waals surface area (Å²) in [6, 6.07) is 9.35. The number of methoxy groups -OCH3 is 1. The number of halogens is 3. The summed E-state index contributed by atoms with van der Waals surface area (Å²) in [5.74, 6) is -0.786. The zero-order chi connectivity index (χ0) is 25.9.